The molecule has 0 radical (unpaired) electrons. The van der Waals surface area contributed by atoms with Crippen molar-refractivity contribution in [1.29, 1.82) is 0 Å². The standard InChI is InChI=1S/C6H8O6/c7-1-3-4(9)5(10)6(11,2-8)12-3/h3,7-8,11H,1-2H2/t3-,6-/m1/s1. The lowest BCUT2D eigenvalue weighted by molar-refractivity contribution is -0.212. The van der Waals surface area contributed by atoms with E-state index in [9.17, 15) is 9.59 Å². The molecule has 0 aromatic heterocycles. The molecular weight excluding hydrogens is 168 g/mol. The van der Waals surface area contributed by atoms with Gasteiger partial charge in [0.15, 0.2) is 6.10 Å². The van der Waals surface area contributed by atoms with E-state index in [0.717, 1.165) is 0 Å². The summed E-state index contributed by atoms with van der Waals surface area (Å²) in [5.74, 6) is -4.69. The van der Waals surface area contributed by atoms with Gasteiger partial charge in [-0.3, -0.25) is 9.59 Å². The zero-order valence-corrected chi connectivity index (χ0v) is 6.06. The van der Waals surface area contributed by atoms with E-state index < -0.39 is 36.7 Å². The van der Waals surface area contributed by atoms with Crippen LogP contribution in [0.2, 0.25) is 0 Å². The van der Waals surface area contributed by atoms with Gasteiger partial charge in [-0.2, -0.15) is 0 Å². The van der Waals surface area contributed by atoms with Crippen LogP contribution in [0.3, 0.4) is 0 Å². The molecule has 12 heavy (non-hydrogen) atoms. The van der Waals surface area contributed by atoms with Crippen LogP contribution < -0.4 is 0 Å². The lowest BCUT2D eigenvalue weighted by Crippen LogP contribution is -2.41. The number of carbonyl (C=O) groups is 2. The molecule has 1 heterocycles. The van der Waals surface area contributed by atoms with Crippen molar-refractivity contribution in [3.8, 4) is 0 Å². The molecule has 68 valence electrons. The van der Waals surface area contributed by atoms with Gasteiger partial charge in [-0.15, -0.1) is 0 Å². The predicted octanol–water partition coefficient (Wildman–Crippen LogP) is -2.80. The van der Waals surface area contributed by atoms with E-state index in [1.165, 1.54) is 0 Å². The van der Waals surface area contributed by atoms with Crippen LogP contribution >= 0.6 is 0 Å². The van der Waals surface area contributed by atoms with Gasteiger partial charge >= 0.3 is 0 Å². The summed E-state index contributed by atoms with van der Waals surface area (Å²) in [7, 11) is 0. The van der Waals surface area contributed by atoms with E-state index in [-0.39, 0.29) is 0 Å². The van der Waals surface area contributed by atoms with E-state index >= 15 is 0 Å². The Kier molecular flexibility index (Phi) is 2.25. The summed E-state index contributed by atoms with van der Waals surface area (Å²) >= 11 is 0. The van der Waals surface area contributed by atoms with Gasteiger partial charge in [0.2, 0.25) is 5.78 Å². The van der Waals surface area contributed by atoms with Gasteiger partial charge in [0, 0.05) is 0 Å². The summed E-state index contributed by atoms with van der Waals surface area (Å²) in [6, 6.07) is 0. The highest BCUT2D eigenvalue weighted by Gasteiger charge is 2.52. The van der Waals surface area contributed by atoms with Crippen molar-refractivity contribution in [1.82, 2.24) is 0 Å². The van der Waals surface area contributed by atoms with Crippen molar-refractivity contribution in [3.05, 3.63) is 0 Å². The third-order valence-corrected chi connectivity index (χ3v) is 1.59. The number of hydrogen-bond donors (Lipinski definition) is 3. The molecule has 0 aliphatic carbocycles. The molecule has 6 heteroatoms. The topological polar surface area (TPSA) is 104 Å². The van der Waals surface area contributed by atoms with Gasteiger partial charge in [-0.1, -0.05) is 0 Å². The summed E-state index contributed by atoms with van der Waals surface area (Å²) in [5, 5.41) is 26.1. The molecule has 0 spiro atoms. The Balaban J connectivity index is 2.87. The maximum Gasteiger partial charge on any atom is 0.262 e. The molecule has 0 aromatic carbocycles. The molecule has 0 unspecified atom stereocenters. The number of ether oxygens (including phenoxy) is 1. The second kappa shape index (κ2) is 2.91. The largest absolute Gasteiger partial charge is 0.393 e. The third kappa shape index (κ3) is 1.14. The summed E-state index contributed by atoms with van der Waals surface area (Å²) in [4.78, 5) is 21.6. The van der Waals surface area contributed by atoms with Gasteiger partial charge in [0.1, 0.15) is 6.61 Å². The van der Waals surface area contributed by atoms with Crippen LogP contribution in [-0.2, 0) is 14.3 Å². The van der Waals surface area contributed by atoms with Crippen LogP contribution in [0.1, 0.15) is 0 Å². The van der Waals surface area contributed by atoms with E-state index in [4.69, 9.17) is 15.3 Å². The third-order valence-electron chi connectivity index (χ3n) is 1.59. The van der Waals surface area contributed by atoms with Gasteiger partial charge in [0.05, 0.1) is 6.61 Å². The number of rotatable bonds is 2. The minimum Gasteiger partial charge on any atom is -0.393 e. The number of aliphatic hydroxyl groups excluding tert-OH is 2. The Bertz CT molecular complexity index is 224. The number of ketones is 2. The minimum absolute atomic E-state index is 0.688. The van der Waals surface area contributed by atoms with Crippen molar-refractivity contribution in [2.24, 2.45) is 0 Å². The van der Waals surface area contributed by atoms with Gasteiger partial charge in [-0.05, 0) is 0 Å². The van der Waals surface area contributed by atoms with Crippen molar-refractivity contribution in [2.75, 3.05) is 13.2 Å². The summed E-state index contributed by atoms with van der Waals surface area (Å²) < 4.78 is 4.43. The zero-order chi connectivity index (χ0) is 9.35. The molecule has 2 atom stereocenters. The molecule has 0 saturated carbocycles. The molecule has 0 aromatic rings. The van der Waals surface area contributed by atoms with E-state index in [1.807, 2.05) is 0 Å². The highest BCUT2D eigenvalue weighted by molar-refractivity contribution is 6.43. The Labute approximate surface area is 67.4 Å². The molecule has 1 rings (SSSR count). The lowest BCUT2D eigenvalue weighted by atomic mass is 10.1. The van der Waals surface area contributed by atoms with Crippen LogP contribution in [0, 0.1) is 0 Å². The maximum atomic E-state index is 10.8. The molecule has 1 aliphatic heterocycles. The van der Waals surface area contributed by atoms with Crippen LogP contribution in [0.4, 0.5) is 0 Å². The lowest BCUT2D eigenvalue weighted by Gasteiger charge is -2.16. The fraction of sp³-hybridized carbons (Fsp3) is 0.667. The molecule has 6 nitrogen and oxygen atoms in total. The number of aliphatic hydroxyl groups is 3. The Hall–Kier alpha value is -0.820. The predicted molar refractivity (Wildman–Crippen MR) is 34.0 cm³/mol. The van der Waals surface area contributed by atoms with Gasteiger partial charge in [-0.25, -0.2) is 0 Å². The SMILES string of the molecule is O=C1C(=O)[C@@](O)(CO)O[C@@H]1CO. The van der Waals surface area contributed by atoms with Gasteiger partial charge in [0.25, 0.3) is 11.6 Å². The van der Waals surface area contributed by atoms with Crippen molar-refractivity contribution < 1.29 is 29.6 Å². The molecule has 1 saturated heterocycles. The quantitative estimate of drug-likeness (QED) is 0.392. The summed E-state index contributed by atoms with van der Waals surface area (Å²) in [6.07, 6.45) is -1.35. The monoisotopic (exact) mass is 176 g/mol. The smallest absolute Gasteiger partial charge is 0.262 e. The average Bonchev–Trinajstić information content (AvgIpc) is 2.31. The second-order valence-corrected chi connectivity index (χ2v) is 2.42. The maximum absolute atomic E-state index is 10.8. The van der Waals surface area contributed by atoms with Crippen molar-refractivity contribution in [3.63, 3.8) is 0 Å². The van der Waals surface area contributed by atoms with Crippen molar-refractivity contribution in [2.45, 2.75) is 11.9 Å². The minimum atomic E-state index is -2.45. The fourth-order valence-corrected chi connectivity index (χ4v) is 0.910. The summed E-state index contributed by atoms with van der Waals surface area (Å²) in [5.41, 5.74) is 0. The van der Waals surface area contributed by atoms with Crippen LogP contribution in [0.15, 0.2) is 0 Å². The first kappa shape index (κ1) is 9.27. The highest BCUT2D eigenvalue weighted by atomic mass is 16.7. The molecule has 1 fully saturated rings. The molecule has 0 amide bonds. The van der Waals surface area contributed by atoms with Crippen LogP contribution in [0.5, 0.6) is 0 Å². The molecule has 1 aliphatic rings. The van der Waals surface area contributed by atoms with Gasteiger partial charge < -0.3 is 20.1 Å². The summed E-state index contributed by atoms with van der Waals surface area (Å²) in [6.45, 7) is -1.68. The highest BCUT2D eigenvalue weighted by Crippen LogP contribution is 2.20. The Morgan fingerprint density at radius 1 is 1.42 bits per heavy atom. The molecule has 3 N–H and O–H groups in total. The second-order valence-electron chi connectivity index (χ2n) is 2.42. The van der Waals surface area contributed by atoms with E-state index in [2.05, 4.69) is 4.74 Å². The average molecular weight is 176 g/mol. The molecular formula is C6H8O6. The first-order valence-electron chi connectivity index (χ1n) is 3.25. The first-order chi connectivity index (χ1) is 5.55. The van der Waals surface area contributed by atoms with E-state index in [1.54, 1.807) is 0 Å². The van der Waals surface area contributed by atoms with Crippen molar-refractivity contribution >= 4 is 11.6 Å². The first-order valence-corrected chi connectivity index (χ1v) is 3.25. The Morgan fingerprint density at radius 3 is 2.25 bits per heavy atom. The zero-order valence-electron chi connectivity index (χ0n) is 6.06. The number of hydrogen-bond acceptors (Lipinski definition) is 6. The van der Waals surface area contributed by atoms with Crippen LogP contribution in [0.25, 0.3) is 0 Å². The molecule has 0 bridgehead atoms. The number of Topliss-reactive ketones (excluding diaryl/α,β-unsaturated/α-hetero) is 2. The fourth-order valence-electron chi connectivity index (χ4n) is 0.910. The Morgan fingerprint density at radius 2 is 2.00 bits per heavy atom. The van der Waals surface area contributed by atoms with E-state index in [0.29, 0.717) is 0 Å². The van der Waals surface area contributed by atoms with Crippen LogP contribution in [-0.4, -0.2) is 52.0 Å². The number of carbonyl (C=O) groups excluding carboxylic acids is 2. The normalized spacial score (nSPS) is 36.1.